The molecular weight excluding hydrogens is 196 g/mol. The number of nitrogens with zero attached hydrogens (tertiary/aromatic N) is 1. The third-order valence-corrected chi connectivity index (χ3v) is 2.96. The molecule has 0 saturated carbocycles. The van der Waals surface area contributed by atoms with Crippen LogP contribution in [0.15, 0.2) is 18.3 Å². The molecule has 0 amide bonds. The molecule has 92 valence electrons. The smallest absolute Gasteiger partial charge is 0.0222 e. The Kier molecular flexibility index (Phi) is 6.24. The van der Waals surface area contributed by atoms with Gasteiger partial charge in [0.1, 0.15) is 0 Å². The van der Waals surface area contributed by atoms with Gasteiger partial charge in [0.2, 0.25) is 0 Å². The van der Waals surface area contributed by atoms with E-state index < -0.39 is 0 Å². The SMILES string of the molecule is CCCCCCCn1cccc1CC(C)N. The molecule has 1 heterocycles. The molecule has 0 aliphatic heterocycles. The van der Waals surface area contributed by atoms with Crippen molar-refractivity contribution in [1.29, 1.82) is 0 Å². The summed E-state index contributed by atoms with van der Waals surface area (Å²) in [5.74, 6) is 0. The van der Waals surface area contributed by atoms with Crippen molar-refractivity contribution in [3.8, 4) is 0 Å². The highest BCUT2D eigenvalue weighted by atomic mass is 15.0. The first kappa shape index (κ1) is 13.3. The Labute approximate surface area is 99.8 Å². The molecule has 0 fully saturated rings. The van der Waals surface area contributed by atoms with Crippen LogP contribution in [0.4, 0.5) is 0 Å². The monoisotopic (exact) mass is 222 g/mol. The molecule has 0 radical (unpaired) electrons. The van der Waals surface area contributed by atoms with E-state index in [9.17, 15) is 0 Å². The van der Waals surface area contributed by atoms with Gasteiger partial charge < -0.3 is 10.3 Å². The van der Waals surface area contributed by atoms with Gasteiger partial charge in [0.25, 0.3) is 0 Å². The average Bonchev–Trinajstić information content (AvgIpc) is 2.64. The number of hydrogen-bond acceptors (Lipinski definition) is 1. The minimum absolute atomic E-state index is 0.258. The molecule has 2 heteroatoms. The van der Waals surface area contributed by atoms with E-state index in [0.29, 0.717) is 0 Å². The molecule has 1 aromatic heterocycles. The molecule has 0 aliphatic carbocycles. The summed E-state index contributed by atoms with van der Waals surface area (Å²) in [6, 6.07) is 4.58. The molecule has 1 aromatic rings. The van der Waals surface area contributed by atoms with Crippen LogP contribution in [0.3, 0.4) is 0 Å². The zero-order chi connectivity index (χ0) is 11.8. The van der Waals surface area contributed by atoms with Crippen LogP contribution in [0.2, 0.25) is 0 Å². The summed E-state index contributed by atoms with van der Waals surface area (Å²) >= 11 is 0. The Hall–Kier alpha value is -0.760. The topological polar surface area (TPSA) is 30.9 Å². The number of aromatic nitrogens is 1. The quantitative estimate of drug-likeness (QED) is 0.672. The van der Waals surface area contributed by atoms with Gasteiger partial charge >= 0.3 is 0 Å². The third kappa shape index (κ3) is 4.84. The average molecular weight is 222 g/mol. The molecular formula is C14H26N2. The lowest BCUT2D eigenvalue weighted by Gasteiger charge is -2.10. The van der Waals surface area contributed by atoms with Gasteiger partial charge in [-0.1, -0.05) is 32.6 Å². The predicted molar refractivity (Wildman–Crippen MR) is 70.5 cm³/mol. The van der Waals surface area contributed by atoms with Crippen LogP contribution >= 0.6 is 0 Å². The highest BCUT2D eigenvalue weighted by molar-refractivity contribution is 5.08. The van der Waals surface area contributed by atoms with Crippen molar-refractivity contribution in [3.63, 3.8) is 0 Å². The Morgan fingerprint density at radius 1 is 1.25 bits per heavy atom. The van der Waals surface area contributed by atoms with E-state index in [-0.39, 0.29) is 6.04 Å². The molecule has 0 saturated heterocycles. The van der Waals surface area contributed by atoms with Gasteiger partial charge in [-0.25, -0.2) is 0 Å². The normalized spacial score (nSPS) is 12.9. The Morgan fingerprint density at radius 3 is 2.69 bits per heavy atom. The molecule has 0 spiro atoms. The maximum atomic E-state index is 5.83. The predicted octanol–water partition coefficient (Wildman–Crippen LogP) is 3.35. The van der Waals surface area contributed by atoms with Gasteiger partial charge in [-0.3, -0.25) is 0 Å². The molecule has 2 nitrogen and oxygen atoms in total. The zero-order valence-electron chi connectivity index (χ0n) is 10.8. The minimum Gasteiger partial charge on any atom is -0.351 e. The van der Waals surface area contributed by atoms with Gasteiger partial charge in [0.05, 0.1) is 0 Å². The van der Waals surface area contributed by atoms with Crippen molar-refractivity contribution in [2.24, 2.45) is 5.73 Å². The van der Waals surface area contributed by atoms with Crippen molar-refractivity contribution < 1.29 is 0 Å². The highest BCUT2D eigenvalue weighted by Crippen LogP contribution is 2.09. The fourth-order valence-electron chi connectivity index (χ4n) is 2.07. The summed E-state index contributed by atoms with van der Waals surface area (Å²) in [4.78, 5) is 0. The number of hydrogen-bond donors (Lipinski definition) is 1. The van der Waals surface area contributed by atoms with E-state index in [1.165, 1.54) is 37.8 Å². The maximum Gasteiger partial charge on any atom is 0.0222 e. The van der Waals surface area contributed by atoms with Gasteiger partial charge in [-0.05, 0) is 25.5 Å². The zero-order valence-corrected chi connectivity index (χ0v) is 10.8. The van der Waals surface area contributed by atoms with Crippen LogP contribution < -0.4 is 5.73 Å². The molecule has 0 aromatic carbocycles. The molecule has 1 rings (SSSR count). The summed E-state index contributed by atoms with van der Waals surface area (Å²) in [6.07, 6.45) is 9.88. The fourth-order valence-corrected chi connectivity index (χ4v) is 2.07. The van der Waals surface area contributed by atoms with Gasteiger partial charge in [-0.2, -0.15) is 0 Å². The highest BCUT2D eigenvalue weighted by Gasteiger charge is 2.03. The van der Waals surface area contributed by atoms with E-state index in [0.717, 1.165) is 13.0 Å². The molecule has 16 heavy (non-hydrogen) atoms. The summed E-state index contributed by atoms with van der Waals surface area (Å²) in [5, 5.41) is 0. The first-order valence-electron chi connectivity index (χ1n) is 6.63. The summed E-state index contributed by atoms with van der Waals surface area (Å²) in [5.41, 5.74) is 7.21. The van der Waals surface area contributed by atoms with Gasteiger partial charge in [-0.15, -0.1) is 0 Å². The van der Waals surface area contributed by atoms with Crippen molar-refractivity contribution in [1.82, 2.24) is 4.57 Å². The van der Waals surface area contributed by atoms with Crippen molar-refractivity contribution >= 4 is 0 Å². The first-order valence-corrected chi connectivity index (χ1v) is 6.63. The lowest BCUT2D eigenvalue weighted by molar-refractivity contribution is 0.550. The van der Waals surface area contributed by atoms with Crippen molar-refractivity contribution in [2.45, 2.75) is 65.0 Å². The Morgan fingerprint density at radius 2 is 2.00 bits per heavy atom. The van der Waals surface area contributed by atoms with Crippen molar-refractivity contribution in [2.75, 3.05) is 0 Å². The van der Waals surface area contributed by atoms with Crippen LogP contribution in [0, 0.1) is 0 Å². The number of unbranched alkanes of at least 4 members (excludes halogenated alkanes) is 4. The maximum absolute atomic E-state index is 5.83. The summed E-state index contributed by atoms with van der Waals surface area (Å²) < 4.78 is 2.36. The first-order chi connectivity index (χ1) is 7.74. The van der Waals surface area contributed by atoms with E-state index >= 15 is 0 Å². The Bertz CT molecular complexity index is 276. The van der Waals surface area contributed by atoms with Gasteiger partial charge in [0, 0.05) is 30.9 Å². The van der Waals surface area contributed by atoms with Crippen LogP contribution in [-0.2, 0) is 13.0 Å². The van der Waals surface area contributed by atoms with E-state index in [4.69, 9.17) is 5.73 Å². The van der Waals surface area contributed by atoms with Gasteiger partial charge in [0.15, 0.2) is 0 Å². The van der Waals surface area contributed by atoms with E-state index in [2.05, 4.69) is 36.7 Å². The second-order valence-electron chi connectivity index (χ2n) is 4.79. The summed E-state index contributed by atoms with van der Waals surface area (Å²) in [7, 11) is 0. The minimum atomic E-state index is 0.258. The lowest BCUT2D eigenvalue weighted by atomic mass is 10.1. The Balaban J connectivity index is 2.27. The molecule has 0 aliphatic rings. The van der Waals surface area contributed by atoms with Crippen LogP contribution in [0.5, 0.6) is 0 Å². The fraction of sp³-hybridized carbons (Fsp3) is 0.714. The standard InChI is InChI=1S/C14H26N2/c1-3-4-5-6-7-10-16-11-8-9-14(16)12-13(2)15/h8-9,11,13H,3-7,10,12,15H2,1-2H3. The number of rotatable bonds is 8. The molecule has 2 N–H and O–H groups in total. The molecule has 1 unspecified atom stereocenters. The number of nitrogens with two attached hydrogens (primary N) is 1. The van der Waals surface area contributed by atoms with Crippen LogP contribution in [0.25, 0.3) is 0 Å². The second kappa shape index (κ2) is 7.50. The second-order valence-corrected chi connectivity index (χ2v) is 4.79. The number of aryl methyl sites for hydroxylation is 1. The van der Waals surface area contributed by atoms with Crippen LogP contribution in [0.1, 0.15) is 51.6 Å². The van der Waals surface area contributed by atoms with Crippen molar-refractivity contribution in [3.05, 3.63) is 24.0 Å². The largest absolute Gasteiger partial charge is 0.351 e. The van der Waals surface area contributed by atoms with Crippen LogP contribution in [-0.4, -0.2) is 10.6 Å². The summed E-state index contributed by atoms with van der Waals surface area (Å²) in [6.45, 7) is 5.48. The van der Waals surface area contributed by atoms with E-state index in [1.54, 1.807) is 0 Å². The third-order valence-electron chi connectivity index (χ3n) is 2.96. The van der Waals surface area contributed by atoms with E-state index in [1.807, 2.05) is 0 Å². The molecule has 1 atom stereocenters. The molecule has 0 bridgehead atoms. The lowest BCUT2D eigenvalue weighted by Crippen LogP contribution is -2.19.